The predicted octanol–water partition coefficient (Wildman–Crippen LogP) is 6.59. The third kappa shape index (κ3) is 5.88. The number of rotatable bonds is 9. The number of aromatic nitrogens is 1. The van der Waals surface area contributed by atoms with Crippen LogP contribution in [0, 0.1) is 11.8 Å². The second kappa shape index (κ2) is 13.1. The average molecular weight is 614 g/mol. The SMILES string of the molecule is CC[C@H]1CN2CC[C@H]1C[C@@H]2[C@H](NC(=O)c1ccccc1P(c1ccccc1)c1ccccc1)c1ccnc2ccc(OC)cc12. The van der Waals surface area contributed by atoms with Gasteiger partial charge in [-0.2, -0.15) is 0 Å². The second-order valence-corrected chi connectivity index (χ2v) is 14.5. The number of amides is 1. The third-order valence-electron chi connectivity index (χ3n) is 9.87. The Balaban J connectivity index is 1.32. The Morgan fingerprint density at radius 1 is 0.956 bits per heavy atom. The summed E-state index contributed by atoms with van der Waals surface area (Å²) in [4.78, 5) is 22.0. The molecule has 8 rings (SSSR count). The van der Waals surface area contributed by atoms with E-state index in [1.165, 1.54) is 23.5 Å². The van der Waals surface area contributed by atoms with E-state index in [9.17, 15) is 4.79 Å². The van der Waals surface area contributed by atoms with Crippen molar-refractivity contribution >= 4 is 40.6 Å². The quantitative estimate of drug-likeness (QED) is 0.191. The largest absolute Gasteiger partial charge is 0.497 e. The molecule has 4 aromatic carbocycles. The van der Waals surface area contributed by atoms with Crippen molar-refractivity contribution < 1.29 is 9.53 Å². The Kier molecular flexibility index (Phi) is 8.65. The molecule has 0 saturated carbocycles. The van der Waals surface area contributed by atoms with Crippen molar-refractivity contribution in [1.82, 2.24) is 15.2 Å². The summed E-state index contributed by atoms with van der Waals surface area (Å²) in [5, 5.41) is 8.18. The van der Waals surface area contributed by atoms with Crippen molar-refractivity contribution in [3.63, 3.8) is 0 Å². The third-order valence-corrected chi connectivity index (χ3v) is 12.4. The molecule has 1 aromatic heterocycles. The molecule has 3 aliphatic rings. The molecule has 0 radical (unpaired) electrons. The number of nitrogens with one attached hydrogen (secondary N) is 1. The number of carbonyl (C=O) groups excluding carboxylic acids is 1. The number of hydrogen-bond donors (Lipinski definition) is 1. The van der Waals surface area contributed by atoms with Crippen LogP contribution in [-0.4, -0.2) is 42.0 Å². The van der Waals surface area contributed by atoms with Gasteiger partial charge in [0.2, 0.25) is 0 Å². The number of benzene rings is 4. The number of pyridine rings is 1. The van der Waals surface area contributed by atoms with E-state index in [-0.39, 0.29) is 18.0 Å². The van der Waals surface area contributed by atoms with Crippen molar-refractivity contribution in [2.45, 2.75) is 38.3 Å². The fourth-order valence-electron chi connectivity index (χ4n) is 7.58. The lowest BCUT2D eigenvalue weighted by Crippen LogP contribution is -2.57. The molecule has 5 nitrogen and oxygen atoms in total. The Bertz CT molecular complexity index is 1740. The molecule has 5 atom stereocenters. The molecule has 1 amide bonds. The molecule has 1 unspecified atom stereocenters. The van der Waals surface area contributed by atoms with Gasteiger partial charge in [-0.05, 0) is 91.0 Å². The van der Waals surface area contributed by atoms with Crippen molar-refractivity contribution in [3.05, 3.63) is 127 Å². The zero-order valence-electron chi connectivity index (χ0n) is 26.0. The first-order valence-electron chi connectivity index (χ1n) is 16.1. The van der Waals surface area contributed by atoms with Crippen LogP contribution >= 0.6 is 7.92 Å². The molecule has 4 heterocycles. The molecule has 3 aliphatic heterocycles. The molecule has 5 aromatic rings. The minimum atomic E-state index is -0.939. The molecule has 228 valence electrons. The Morgan fingerprint density at radius 2 is 1.67 bits per heavy atom. The van der Waals surface area contributed by atoms with Gasteiger partial charge in [0, 0.05) is 29.7 Å². The van der Waals surface area contributed by atoms with Crippen LogP contribution in [0.15, 0.2) is 115 Å². The number of ether oxygens (including phenoxy) is 1. The summed E-state index contributed by atoms with van der Waals surface area (Å²) < 4.78 is 5.63. The number of piperidine rings is 3. The lowest BCUT2D eigenvalue weighted by Gasteiger charge is -2.52. The monoisotopic (exact) mass is 613 g/mol. The number of nitrogens with zero attached hydrogens (tertiary/aromatic N) is 2. The highest BCUT2D eigenvalue weighted by molar-refractivity contribution is 7.80. The molecule has 3 saturated heterocycles. The lowest BCUT2D eigenvalue weighted by molar-refractivity contribution is -0.0152. The number of carbonyl (C=O) groups is 1. The summed E-state index contributed by atoms with van der Waals surface area (Å²) in [6.07, 6.45) is 5.41. The van der Waals surface area contributed by atoms with E-state index in [4.69, 9.17) is 4.74 Å². The maximum absolute atomic E-state index is 14.7. The molecule has 1 N–H and O–H groups in total. The summed E-state index contributed by atoms with van der Waals surface area (Å²) in [6.45, 7) is 4.49. The predicted molar refractivity (Wildman–Crippen MR) is 186 cm³/mol. The fraction of sp³-hybridized carbons (Fsp3) is 0.282. The van der Waals surface area contributed by atoms with Crippen LogP contribution in [-0.2, 0) is 0 Å². The van der Waals surface area contributed by atoms with E-state index in [2.05, 4.69) is 107 Å². The van der Waals surface area contributed by atoms with E-state index < -0.39 is 7.92 Å². The molecule has 3 fully saturated rings. The highest BCUT2D eigenvalue weighted by Gasteiger charge is 2.43. The fourth-order valence-corrected chi connectivity index (χ4v) is 10.0. The Hall–Kier alpha value is -4.05. The minimum absolute atomic E-state index is 0.0301. The first kappa shape index (κ1) is 29.6. The van der Waals surface area contributed by atoms with Gasteiger partial charge >= 0.3 is 0 Å². The van der Waals surface area contributed by atoms with Crippen LogP contribution in [0.3, 0.4) is 0 Å². The summed E-state index contributed by atoms with van der Waals surface area (Å²) in [6, 6.07) is 37.5. The summed E-state index contributed by atoms with van der Waals surface area (Å²) >= 11 is 0. The molecular formula is C39H40N3O2P. The average Bonchev–Trinajstić information content (AvgIpc) is 3.11. The van der Waals surface area contributed by atoms with Gasteiger partial charge in [-0.3, -0.25) is 14.7 Å². The number of fused-ring (bicyclic) bond motifs is 4. The van der Waals surface area contributed by atoms with Crippen molar-refractivity contribution in [2.75, 3.05) is 20.2 Å². The van der Waals surface area contributed by atoms with Crippen LogP contribution in [0.4, 0.5) is 0 Å². The molecule has 0 spiro atoms. The summed E-state index contributed by atoms with van der Waals surface area (Å²) in [5.74, 6) is 2.17. The van der Waals surface area contributed by atoms with E-state index in [0.29, 0.717) is 5.92 Å². The Labute approximate surface area is 267 Å². The zero-order chi connectivity index (χ0) is 30.8. The van der Waals surface area contributed by atoms with E-state index in [0.717, 1.165) is 58.5 Å². The van der Waals surface area contributed by atoms with Gasteiger partial charge in [0.1, 0.15) is 5.75 Å². The van der Waals surface area contributed by atoms with Gasteiger partial charge in [0.15, 0.2) is 0 Å². The van der Waals surface area contributed by atoms with E-state index in [1.54, 1.807) is 7.11 Å². The van der Waals surface area contributed by atoms with Gasteiger partial charge in [-0.25, -0.2) is 0 Å². The highest BCUT2D eigenvalue weighted by Crippen LogP contribution is 2.43. The van der Waals surface area contributed by atoms with Crippen LogP contribution in [0.5, 0.6) is 5.75 Å². The van der Waals surface area contributed by atoms with Crippen LogP contribution in [0.1, 0.15) is 48.1 Å². The van der Waals surface area contributed by atoms with Gasteiger partial charge in [-0.1, -0.05) is 92.2 Å². The summed E-state index contributed by atoms with van der Waals surface area (Å²) in [7, 11) is 0.757. The topological polar surface area (TPSA) is 54.5 Å². The Morgan fingerprint density at radius 3 is 2.33 bits per heavy atom. The van der Waals surface area contributed by atoms with Crippen molar-refractivity contribution in [2.24, 2.45) is 11.8 Å². The standard InChI is InChI=1S/C39H40N3O2P/c1-3-27-26-42-23-21-28(27)24-36(42)38(32-20-22-40-35-19-18-29(44-2)25-34(32)35)41-39(43)33-16-10-11-17-37(33)45(30-12-6-4-7-13-30)31-14-8-5-9-15-31/h4-20,22,25,27-28,36,38H,3,21,23-24,26H2,1-2H3,(H,41,43)/t27-,28-,36+,38+/m0/s1. The van der Waals surface area contributed by atoms with E-state index in [1.807, 2.05) is 30.5 Å². The van der Waals surface area contributed by atoms with Gasteiger partial charge in [0.25, 0.3) is 5.91 Å². The van der Waals surface area contributed by atoms with Crippen molar-refractivity contribution in [3.8, 4) is 5.75 Å². The highest BCUT2D eigenvalue weighted by atomic mass is 31.1. The molecule has 2 bridgehead atoms. The van der Waals surface area contributed by atoms with Crippen LogP contribution < -0.4 is 26.0 Å². The van der Waals surface area contributed by atoms with E-state index >= 15 is 0 Å². The maximum Gasteiger partial charge on any atom is 0.252 e. The van der Waals surface area contributed by atoms with Crippen LogP contribution in [0.2, 0.25) is 0 Å². The van der Waals surface area contributed by atoms with Gasteiger partial charge in [-0.15, -0.1) is 0 Å². The first-order chi connectivity index (χ1) is 22.1. The number of methoxy groups -OCH3 is 1. The molecule has 0 aliphatic carbocycles. The van der Waals surface area contributed by atoms with Gasteiger partial charge in [0.05, 0.1) is 18.7 Å². The molecule has 45 heavy (non-hydrogen) atoms. The second-order valence-electron chi connectivity index (χ2n) is 12.3. The normalized spacial score (nSPS) is 21.5. The van der Waals surface area contributed by atoms with Crippen molar-refractivity contribution in [1.29, 1.82) is 0 Å². The molecule has 6 heteroatoms. The maximum atomic E-state index is 14.7. The molecular weight excluding hydrogens is 573 g/mol. The zero-order valence-corrected chi connectivity index (χ0v) is 26.9. The van der Waals surface area contributed by atoms with Crippen LogP contribution in [0.25, 0.3) is 10.9 Å². The summed E-state index contributed by atoms with van der Waals surface area (Å²) in [5.41, 5.74) is 2.75. The number of hydrogen-bond acceptors (Lipinski definition) is 4. The van der Waals surface area contributed by atoms with Gasteiger partial charge < -0.3 is 10.1 Å². The minimum Gasteiger partial charge on any atom is -0.497 e. The smallest absolute Gasteiger partial charge is 0.252 e. The lowest BCUT2D eigenvalue weighted by atomic mass is 9.72. The first-order valence-corrected chi connectivity index (χ1v) is 17.5.